The molecule has 25 heavy (non-hydrogen) atoms. The fourth-order valence-corrected chi connectivity index (χ4v) is 3.59. The summed E-state index contributed by atoms with van der Waals surface area (Å²) >= 11 is 0. The second-order valence-electron chi connectivity index (χ2n) is 7.77. The van der Waals surface area contributed by atoms with Gasteiger partial charge < -0.3 is 9.64 Å². The number of hydrogen-bond donors (Lipinski definition) is 0. The topological polar surface area (TPSA) is 46.6 Å². The molecule has 1 aliphatic heterocycles. The van der Waals surface area contributed by atoms with Crippen molar-refractivity contribution < 1.29 is 27.5 Å². The summed E-state index contributed by atoms with van der Waals surface area (Å²) in [4.78, 5) is 26.3. The van der Waals surface area contributed by atoms with Gasteiger partial charge in [-0.15, -0.1) is 0 Å². The lowest BCUT2D eigenvalue weighted by molar-refractivity contribution is 0.0113. The third kappa shape index (κ3) is 3.00. The van der Waals surface area contributed by atoms with Crippen LogP contribution in [0, 0.1) is 22.9 Å². The van der Waals surface area contributed by atoms with Crippen molar-refractivity contribution in [1.82, 2.24) is 4.90 Å². The van der Waals surface area contributed by atoms with Crippen LogP contribution in [0.15, 0.2) is 6.07 Å². The van der Waals surface area contributed by atoms with Gasteiger partial charge >= 0.3 is 6.09 Å². The third-order valence-corrected chi connectivity index (χ3v) is 4.85. The highest BCUT2D eigenvalue weighted by Gasteiger charge is 2.50. The number of halogens is 3. The van der Waals surface area contributed by atoms with Crippen molar-refractivity contribution in [2.75, 3.05) is 13.1 Å². The van der Waals surface area contributed by atoms with Crippen LogP contribution in [0.1, 0.15) is 49.5 Å². The second-order valence-corrected chi connectivity index (χ2v) is 7.77. The SMILES string of the molecule is CC(C)(C)OC(=O)N1CCC2(CC1)Cc1cc(F)c(F)c(F)c1C2=O. The van der Waals surface area contributed by atoms with E-state index in [4.69, 9.17) is 4.74 Å². The van der Waals surface area contributed by atoms with Crippen molar-refractivity contribution in [3.05, 3.63) is 34.6 Å². The van der Waals surface area contributed by atoms with Gasteiger partial charge in [-0.1, -0.05) is 0 Å². The van der Waals surface area contributed by atoms with Gasteiger partial charge in [0.05, 0.1) is 5.56 Å². The molecule has 7 heteroatoms. The van der Waals surface area contributed by atoms with Crippen LogP contribution in [0.25, 0.3) is 0 Å². The summed E-state index contributed by atoms with van der Waals surface area (Å²) in [6.45, 7) is 5.85. The van der Waals surface area contributed by atoms with Gasteiger partial charge in [-0.3, -0.25) is 4.79 Å². The van der Waals surface area contributed by atoms with Gasteiger partial charge in [-0.25, -0.2) is 18.0 Å². The summed E-state index contributed by atoms with van der Waals surface area (Å²) in [5, 5.41) is 0. The number of piperidine rings is 1. The Bertz CT molecular complexity index is 747. The number of likely N-dealkylation sites (tertiary alicyclic amines) is 1. The van der Waals surface area contributed by atoms with Crippen LogP contribution in [-0.4, -0.2) is 35.5 Å². The first-order chi connectivity index (χ1) is 11.5. The predicted octanol–water partition coefficient (Wildman–Crippen LogP) is 3.86. The summed E-state index contributed by atoms with van der Waals surface area (Å²) in [5.74, 6) is -4.81. The van der Waals surface area contributed by atoms with E-state index in [1.807, 2.05) is 0 Å². The van der Waals surface area contributed by atoms with E-state index in [2.05, 4.69) is 0 Å². The Morgan fingerprint density at radius 3 is 2.32 bits per heavy atom. The molecule has 1 amide bonds. The molecule has 1 spiro atoms. The molecule has 2 aliphatic rings. The number of amides is 1. The maximum Gasteiger partial charge on any atom is 0.410 e. The zero-order valence-electron chi connectivity index (χ0n) is 14.4. The average Bonchev–Trinajstić information content (AvgIpc) is 2.76. The summed E-state index contributed by atoms with van der Waals surface area (Å²) in [7, 11) is 0. The van der Waals surface area contributed by atoms with Crippen molar-refractivity contribution in [2.24, 2.45) is 5.41 Å². The van der Waals surface area contributed by atoms with Gasteiger partial charge in [0.15, 0.2) is 23.2 Å². The molecule has 1 aromatic rings. The molecular formula is C18H20F3NO3. The van der Waals surface area contributed by atoms with Gasteiger partial charge in [0.1, 0.15) is 5.60 Å². The number of benzene rings is 1. The van der Waals surface area contributed by atoms with Crippen molar-refractivity contribution >= 4 is 11.9 Å². The molecule has 136 valence electrons. The van der Waals surface area contributed by atoms with Crippen LogP contribution in [0.2, 0.25) is 0 Å². The maximum absolute atomic E-state index is 14.0. The smallest absolute Gasteiger partial charge is 0.410 e. The molecule has 0 atom stereocenters. The number of fused-ring (bicyclic) bond motifs is 1. The van der Waals surface area contributed by atoms with E-state index in [0.29, 0.717) is 12.8 Å². The standard InChI is InChI=1S/C18H20F3NO3/c1-17(2,3)25-16(24)22-6-4-18(5-7-22)9-10-8-11(19)13(20)14(21)12(10)15(18)23/h8H,4-7,9H2,1-3H3. The van der Waals surface area contributed by atoms with Crippen LogP contribution in [-0.2, 0) is 11.2 Å². The molecule has 1 aliphatic carbocycles. The van der Waals surface area contributed by atoms with Crippen molar-refractivity contribution in [1.29, 1.82) is 0 Å². The number of hydrogen-bond acceptors (Lipinski definition) is 3. The van der Waals surface area contributed by atoms with E-state index in [9.17, 15) is 22.8 Å². The Morgan fingerprint density at radius 1 is 1.16 bits per heavy atom. The van der Waals surface area contributed by atoms with Gasteiger partial charge in [-0.05, 0) is 51.7 Å². The first kappa shape index (κ1) is 17.8. The highest BCUT2D eigenvalue weighted by atomic mass is 19.2. The molecule has 1 fully saturated rings. The quantitative estimate of drug-likeness (QED) is 0.664. The highest BCUT2D eigenvalue weighted by Crippen LogP contribution is 2.46. The molecule has 0 bridgehead atoms. The van der Waals surface area contributed by atoms with Gasteiger partial charge in [0.2, 0.25) is 0 Å². The van der Waals surface area contributed by atoms with Gasteiger partial charge in [0, 0.05) is 18.5 Å². The van der Waals surface area contributed by atoms with Crippen molar-refractivity contribution in [3.63, 3.8) is 0 Å². The Kier molecular flexibility index (Phi) is 4.08. The lowest BCUT2D eigenvalue weighted by atomic mass is 9.75. The van der Waals surface area contributed by atoms with Gasteiger partial charge in [0.25, 0.3) is 0 Å². The minimum Gasteiger partial charge on any atom is -0.444 e. The third-order valence-electron chi connectivity index (χ3n) is 4.85. The maximum atomic E-state index is 14.0. The molecule has 4 nitrogen and oxygen atoms in total. The Hall–Kier alpha value is -2.05. The molecule has 0 saturated carbocycles. The molecule has 3 rings (SSSR count). The fraction of sp³-hybridized carbons (Fsp3) is 0.556. The molecule has 0 N–H and O–H groups in total. The number of rotatable bonds is 0. The lowest BCUT2D eigenvalue weighted by Gasteiger charge is -2.38. The van der Waals surface area contributed by atoms with E-state index < -0.39 is 40.3 Å². The van der Waals surface area contributed by atoms with E-state index in [0.717, 1.165) is 6.07 Å². The molecule has 0 radical (unpaired) electrons. The first-order valence-corrected chi connectivity index (χ1v) is 8.23. The number of carbonyl (C=O) groups is 2. The zero-order chi connectivity index (χ0) is 18.6. The summed E-state index contributed by atoms with van der Waals surface area (Å²) < 4.78 is 46.2. The first-order valence-electron chi connectivity index (χ1n) is 8.23. The molecule has 0 unspecified atom stereocenters. The monoisotopic (exact) mass is 355 g/mol. The molecule has 1 aromatic carbocycles. The number of Topliss-reactive ketones (excluding diaryl/α,β-unsaturated/α-hetero) is 1. The van der Waals surface area contributed by atoms with Crippen LogP contribution in [0.3, 0.4) is 0 Å². The van der Waals surface area contributed by atoms with Crippen LogP contribution >= 0.6 is 0 Å². The van der Waals surface area contributed by atoms with E-state index >= 15 is 0 Å². The van der Waals surface area contributed by atoms with Crippen LogP contribution < -0.4 is 0 Å². The number of nitrogens with zero attached hydrogens (tertiary/aromatic N) is 1. The molecule has 1 saturated heterocycles. The number of ether oxygens (including phenoxy) is 1. The normalized spacial score (nSPS) is 19.3. The van der Waals surface area contributed by atoms with Crippen molar-refractivity contribution in [2.45, 2.75) is 45.6 Å². The van der Waals surface area contributed by atoms with E-state index in [1.165, 1.54) is 4.90 Å². The highest BCUT2D eigenvalue weighted by molar-refractivity contribution is 6.05. The Morgan fingerprint density at radius 2 is 1.76 bits per heavy atom. The summed E-state index contributed by atoms with van der Waals surface area (Å²) in [6.07, 6.45) is 0.316. The zero-order valence-corrected chi connectivity index (χ0v) is 14.4. The van der Waals surface area contributed by atoms with E-state index in [1.54, 1.807) is 20.8 Å². The van der Waals surface area contributed by atoms with Crippen molar-refractivity contribution in [3.8, 4) is 0 Å². The fourth-order valence-electron chi connectivity index (χ4n) is 3.59. The minimum absolute atomic E-state index is 0.164. The Labute approximate surface area is 143 Å². The second kappa shape index (κ2) is 5.75. The molecule has 1 heterocycles. The minimum atomic E-state index is -1.62. The predicted molar refractivity (Wildman–Crippen MR) is 83.8 cm³/mol. The summed E-state index contributed by atoms with van der Waals surface area (Å²) in [5.41, 5.74) is -1.66. The largest absolute Gasteiger partial charge is 0.444 e. The lowest BCUT2D eigenvalue weighted by Crippen LogP contribution is -2.47. The van der Waals surface area contributed by atoms with Crippen LogP contribution in [0.5, 0.6) is 0 Å². The van der Waals surface area contributed by atoms with Gasteiger partial charge in [-0.2, -0.15) is 0 Å². The van der Waals surface area contributed by atoms with E-state index in [-0.39, 0.29) is 30.6 Å². The molecular weight excluding hydrogens is 335 g/mol. The number of ketones is 1. The molecule has 0 aromatic heterocycles. The number of carbonyl (C=O) groups excluding carboxylic acids is 2. The van der Waals surface area contributed by atoms with Crippen LogP contribution in [0.4, 0.5) is 18.0 Å². The summed E-state index contributed by atoms with van der Waals surface area (Å²) in [6, 6.07) is 0.903. The average molecular weight is 355 g/mol. The Balaban J connectivity index is 1.78.